The zero-order chi connectivity index (χ0) is 24.5. The highest BCUT2D eigenvalue weighted by Gasteiger charge is 2.35. The number of nitrogens with zero attached hydrogens (tertiary/aromatic N) is 3. The zero-order valence-electron chi connectivity index (χ0n) is 19.0. The van der Waals surface area contributed by atoms with Crippen molar-refractivity contribution in [1.29, 1.82) is 0 Å². The number of aliphatic carboxylic acids is 1. The van der Waals surface area contributed by atoms with E-state index in [1.165, 1.54) is 15.6 Å². The van der Waals surface area contributed by atoms with E-state index in [4.69, 9.17) is 9.47 Å². The Balaban J connectivity index is 1.26. The number of aryl methyl sites for hydroxylation is 1. The number of aromatic nitrogens is 2. The molecule has 0 saturated carbocycles. The van der Waals surface area contributed by atoms with Gasteiger partial charge in [-0.05, 0) is 22.3 Å². The van der Waals surface area contributed by atoms with E-state index in [0.717, 1.165) is 22.3 Å². The van der Waals surface area contributed by atoms with Crippen LogP contribution in [0.3, 0.4) is 0 Å². The van der Waals surface area contributed by atoms with Gasteiger partial charge in [0.25, 0.3) is 5.91 Å². The fraction of sp³-hybridized carbons (Fsp3) is 0.280. The predicted molar refractivity (Wildman–Crippen MR) is 125 cm³/mol. The van der Waals surface area contributed by atoms with Gasteiger partial charge in [0.2, 0.25) is 0 Å². The molecular weight excluding hydrogens is 452 g/mol. The smallest absolute Gasteiger partial charge is 0.412 e. The lowest BCUT2D eigenvalue weighted by Crippen LogP contribution is -2.52. The first-order chi connectivity index (χ1) is 16.9. The summed E-state index contributed by atoms with van der Waals surface area (Å²) in [5.41, 5.74) is 4.61. The number of hydrogen-bond donors (Lipinski definition) is 2. The number of fused-ring (bicyclic) bond motifs is 3. The van der Waals surface area contributed by atoms with E-state index in [0.29, 0.717) is 0 Å². The van der Waals surface area contributed by atoms with Gasteiger partial charge in [-0.3, -0.25) is 14.8 Å². The van der Waals surface area contributed by atoms with E-state index in [1.807, 2.05) is 36.4 Å². The van der Waals surface area contributed by atoms with Crippen molar-refractivity contribution >= 4 is 23.8 Å². The van der Waals surface area contributed by atoms with Crippen LogP contribution in [0.1, 0.15) is 27.5 Å². The molecular formula is C25H24N4O6. The molecule has 2 aliphatic rings. The molecule has 1 fully saturated rings. The van der Waals surface area contributed by atoms with Gasteiger partial charge in [-0.15, -0.1) is 0 Å². The van der Waals surface area contributed by atoms with Crippen molar-refractivity contribution in [2.75, 3.05) is 31.7 Å². The Kier molecular flexibility index (Phi) is 5.96. The van der Waals surface area contributed by atoms with Gasteiger partial charge in [0.1, 0.15) is 12.3 Å². The molecule has 1 aliphatic carbocycles. The number of carboxylic acids is 1. The van der Waals surface area contributed by atoms with Crippen molar-refractivity contribution in [2.24, 2.45) is 7.05 Å². The number of benzene rings is 2. The number of nitrogens with one attached hydrogen (secondary N) is 1. The molecule has 2 heterocycles. The lowest BCUT2D eigenvalue weighted by molar-refractivity contribution is -0.147. The fourth-order valence-electron chi connectivity index (χ4n) is 4.67. The number of carboxylic acid groups (broad SMARTS) is 1. The molecule has 180 valence electrons. The number of ether oxygens (including phenoxy) is 2. The molecule has 35 heavy (non-hydrogen) atoms. The van der Waals surface area contributed by atoms with E-state index < -0.39 is 24.0 Å². The van der Waals surface area contributed by atoms with E-state index in [-0.39, 0.29) is 43.8 Å². The summed E-state index contributed by atoms with van der Waals surface area (Å²) in [6.45, 7) is 0.463. The molecule has 1 atom stereocenters. The van der Waals surface area contributed by atoms with Gasteiger partial charge in [-0.25, -0.2) is 9.59 Å². The largest absolute Gasteiger partial charge is 0.480 e. The lowest BCUT2D eigenvalue weighted by Gasteiger charge is -2.32. The van der Waals surface area contributed by atoms with Gasteiger partial charge >= 0.3 is 12.1 Å². The topological polar surface area (TPSA) is 123 Å². The highest BCUT2D eigenvalue weighted by molar-refractivity contribution is 5.97. The minimum absolute atomic E-state index is 0.0796. The Labute approximate surface area is 201 Å². The number of carbonyl (C=O) groups is 3. The summed E-state index contributed by atoms with van der Waals surface area (Å²) < 4.78 is 12.0. The van der Waals surface area contributed by atoms with Gasteiger partial charge in [0, 0.05) is 25.6 Å². The zero-order valence-corrected chi connectivity index (χ0v) is 19.0. The number of morpholine rings is 1. The Morgan fingerprint density at radius 1 is 1.11 bits per heavy atom. The maximum Gasteiger partial charge on any atom is 0.412 e. The van der Waals surface area contributed by atoms with Crippen LogP contribution in [-0.2, 0) is 21.3 Å². The number of hydrogen-bond acceptors (Lipinski definition) is 6. The molecule has 10 nitrogen and oxygen atoms in total. The first kappa shape index (κ1) is 22.6. The minimum atomic E-state index is -1.14. The highest BCUT2D eigenvalue weighted by Crippen LogP contribution is 2.44. The van der Waals surface area contributed by atoms with Crippen LogP contribution in [0.15, 0.2) is 54.6 Å². The Morgan fingerprint density at radius 3 is 2.43 bits per heavy atom. The minimum Gasteiger partial charge on any atom is -0.480 e. The first-order valence-corrected chi connectivity index (χ1v) is 11.2. The molecule has 1 aromatic heterocycles. The Hall–Kier alpha value is -4.18. The molecule has 1 aliphatic heterocycles. The van der Waals surface area contributed by atoms with Gasteiger partial charge in [-0.2, -0.15) is 5.10 Å². The normalized spacial score (nSPS) is 16.9. The lowest BCUT2D eigenvalue weighted by atomic mass is 9.98. The van der Waals surface area contributed by atoms with Gasteiger partial charge < -0.3 is 19.5 Å². The van der Waals surface area contributed by atoms with Crippen LogP contribution in [0.2, 0.25) is 0 Å². The molecule has 2 N–H and O–H groups in total. The summed E-state index contributed by atoms with van der Waals surface area (Å²) in [5, 5.41) is 16.1. The maximum absolute atomic E-state index is 13.0. The molecule has 10 heteroatoms. The average Bonchev–Trinajstić information content (AvgIpc) is 3.39. The van der Waals surface area contributed by atoms with Crippen molar-refractivity contribution in [2.45, 2.75) is 12.0 Å². The van der Waals surface area contributed by atoms with Crippen LogP contribution in [0.4, 0.5) is 10.6 Å². The second-order valence-corrected chi connectivity index (χ2v) is 8.42. The molecule has 2 aromatic carbocycles. The van der Waals surface area contributed by atoms with E-state index in [9.17, 15) is 19.5 Å². The second kappa shape index (κ2) is 9.22. The van der Waals surface area contributed by atoms with Crippen molar-refractivity contribution in [3.05, 3.63) is 71.4 Å². The Bertz CT molecular complexity index is 1260. The number of rotatable bonds is 5. The monoisotopic (exact) mass is 476 g/mol. The van der Waals surface area contributed by atoms with Crippen LogP contribution in [0.5, 0.6) is 0 Å². The second-order valence-electron chi connectivity index (χ2n) is 8.42. The van der Waals surface area contributed by atoms with Gasteiger partial charge in [-0.1, -0.05) is 48.5 Å². The van der Waals surface area contributed by atoms with Crippen LogP contribution < -0.4 is 5.32 Å². The molecule has 0 spiro atoms. The predicted octanol–water partition coefficient (Wildman–Crippen LogP) is 2.71. The van der Waals surface area contributed by atoms with Gasteiger partial charge in [0.15, 0.2) is 11.9 Å². The van der Waals surface area contributed by atoms with Crippen LogP contribution in [0.25, 0.3) is 11.1 Å². The molecule has 1 unspecified atom stereocenters. The average molecular weight is 476 g/mol. The summed E-state index contributed by atoms with van der Waals surface area (Å²) in [6, 6.07) is 16.4. The maximum atomic E-state index is 13.0. The van der Waals surface area contributed by atoms with Crippen molar-refractivity contribution < 1.29 is 29.0 Å². The molecule has 0 bridgehead atoms. The Morgan fingerprint density at radius 2 is 1.77 bits per heavy atom. The standard InChI is InChI=1S/C25H24N4O6/c1-28-20(23(30)29-10-11-34-14-21(29)24(31)32)12-22(27-28)26-25(33)35-13-19-17-8-4-2-6-15(17)16-7-3-5-9-18(16)19/h2-9,12,19,21H,10-11,13-14H2,1H3,(H,31,32)(H,26,27,33). The third kappa shape index (κ3) is 4.24. The third-order valence-corrected chi connectivity index (χ3v) is 6.35. The molecule has 3 aromatic rings. The van der Waals surface area contributed by atoms with E-state index in [2.05, 4.69) is 22.5 Å². The van der Waals surface area contributed by atoms with Crippen molar-refractivity contribution in [1.82, 2.24) is 14.7 Å². The summed E-state index contributed by atoms with van der Waals surface area (Å²) in [5.74, 6) is -1.59. The number of amides is 2. The van der Waals surface area contributed by atoms with E-state index in [1.54, 1.807) is 7.05 Å². The van der Waals surface area contributed by atoms with Crippen molar-refractivity contribution in [3.8, 4) is 11.1 Å². The number of carbonyl (C=O) groups excluding carboxylic acids is 2. The molecule has 2 amide bonds. The van der Waals surface area contributed by atoms with Crippen LogP contribution in [0, 0.1) is 0 Å². The molecule has 5 rings (SSSR count). The summed E-state index contributed by atoms with van der Waals surface area (Å²) >= 11 is 0. The van der Waals surface area contributed by atoms with Crippen LogP contribution in [-0.4, -0.2) is 70.2 Å². The van der Waals surface area contributed by atoms with Crippen molar-refractivity contribution in [3.63, 3.8) is 0 Å². The summed E-state index contributed by atoms with van der Waals surface area (Å²) in [6.07, 6.45) is -0.696. The molecule has 0 radical (unpaired) electrons. The van der Waals surface area contributed by atoms with Gasteiger partial charge in [0.05, 0.1) is 13.2 Å². The fourth-order valence-corrected chi connectivity index (χ4v) is 4.67. The molecule has 1 saturated heterocycles. The summed E-state index contributed by atoms with van der Waals surface area (Å²) in [4.78, 5) is 38.3. The SMILES string of the molecule is Cn1nc(NC(=O)OCC2c3ccccc3-c3ccccc32)cc1C(=O)N1CCOCC1C(=O)O. The third-order valence-electron chi connectivity index (χ3n) is 6.35. The first-order valence-electron chi connectivity index (χ1n) is 11.2. The summed E-state index contributed by atoms with van der Waals surface area (Å²) in [7, 11) is 1.55. The highest BCUT2D eigenvalue weighted by atomic mass is 16.5. The van der Waals surface area contributed by atoms with E-state index >= 15 is 0 Å². The van der Waals surface area contributed by atoms with Crippen LogP contribution >= 0.6 is 0 Å². The number of anilines is 1. The quantitative estimate of drug-likeness (QED) is 0.580.